The molecule has 1 aromatic carbocycles. The van der Waals surface area contributed by atoms with Gasteiger partial charge in [-0.05, 0) is 18.6 Å². The fourth-order valence-electron chi connectivity index (χ4n) is 2.02. The Hall–Kier alpha value is -2.34. The number of ether oxygens (including phenoxy) is 2. The SMILES string of the molecule is CCCc1cc(NN)nc(-c2cc(OC)cc(OC)c2)n1. The number of nitrogens with two attached hydrogens (primary N) is 1. The van der Waals surface area contributed by atoms with Gasteiger partial charge in [0.1, 0.15) is 17.3 Å². The van der Waals surface area contributed by atoms with Crippen molar-refractivity contribution in [2.24, 2.45) is 5.84 Å². The highest BCUT2D eigenvalue weighted by atomic mass is 16.5. The van der Waals surface area contributed by atoms with Crippen LogP contribution in [0.4, 0.5) is 5.82 Å². The summed E-state index contributed by atoms with van der Waals surface area (Å²) in [5.74, 6) is 8.04. The number of aryl methyl sites for hydroxylation is 1. The van der Waals surface area contributed by atoms with E-state index in [1.165, 1.54) is 0 Å². The minimum atomic E-state index is 0.588. The van der Waals surface area contributed by atoms with Gasteiger partial charge in [-0.15, -0.1) is 0 Å². The lowest BCUT2D eigenvalue weighted by atomic mass is 10.1. The molecule has 0 unspecified atom stereocenters. The Labute approximate surface area is 124 Å². The van der Waals surface area contributed by atoms with E-state index in [1.807, 2.05) is 24.3 Å². The highest BCUT2D eigenvalue weighted by Crippen LogP contribution is 2.28. The number of nitrogens with zero attached hydrogens (tertiary/aromatic N) is 2. The van der Waals surface area contributed by atoms with Crippen molar-refractivity contribution in [3.63, 3.8) is 0 Å². The number of hydrogen-bond donors (Lipinski definition) is 2. The smallest absolute Gasteiger partial charge is 0.162 e. The van der Waals surface area contributed by atoms with Crippen molar-refractivity contribution in [1.29, 1.82) is 0 Å². The molecule has 6 heteroatoms. The summed E-state index contributed by atoms with van der Waals surface area (Å²) >= 11 is 0. The lowest BCUT2D eigenvalue weighted by Crippen LogP contribution is -2.10. The maximum Gasteiger partial charge on any atom is 0.162 e. The second-order valence-corrected chi connectivity index (χ2v) is 4.56. The third kappa shape index (κ3) is 3.61. The number of nitrogen functional groups attached to an aromatic ring is 1. The number of anilines is 1. The van der Waals surface area contributed by atoms with E-state index in [0.717, 1.165) is 24.1 Å². The summed E-state index contributed by atoms with van der Waals surface area (Å²) in [5.41, 5.74) is 4.34. The lowest BCUT2D eigenvalue weighted by Gasteiger charge is -2.10. The molecule has 0 bridgehead atoms. The van der Waals surface area contributed by atoms with Crippen molar-refractivity contribution < 1.29 is 9.47 Å². The number of hydrazine groups is 1. The third-order valence-corrected chi connectivity index (χ3v) is 3.04. The van der Waals surface area contributed by atoms with Crippen LogP contribution in [0.25, 0.3) is 11.4 Å². The molecule has 0 atom stereocenters. The monoisotopic (exact) mass is 288 g/mol. The molecule has 3 N–H and O–H groups in total. The molecule has 0 amide bonds. The topological polar surface area (TPSA) is 82.3 Å². The molecule has 0 radical (unpaired) electrons. The molecule has 2 rings (SSSR count). The van der Waals surface area contributed by atoms with Gasteiger partial charge in [0, 0.05) is 23.4 Å². The summed E-state index contributed by atoms with van der Waals surface area (Å²) in [7, 11) is 3.22. The highest BCUT2D eigenvalue weighted by molar-refractivity contribution is 5.62. The van der Waals surface area contributed by atoms with Crippen LogP contribution in [0.2, 0.25) is 0 Å². The molecule has 0 fully saturated rings. The average molecular weight is 288 g/mol. The van der Waals surface area contributed by atoms with Crippen molar-refractivity contribution >= 4 is 5.82 Å². The van der Waals surface area contributed by atoms with Gasteiger partial charge in [0.05, 0.1) is 14.2 Å². The van der Waals surface area contributed by atoms with E-state index >= 15 is 0 Å². The van der Waals surface area contributed by atoms with Gasteiger partial charge in [0.2, 0.25) is 0 Å². The zero-order valence-electron chi connectivity index (χ0n) is 12.5. The maximum absolute atomic E-state index is 5.48. The number of nitrogens with one attached hydrogen (secondary N) is 1. The number of rotatable bonds is 6. The van der Waals surface area contributed by atoms with Crippen LogP contribution in [0.1, 0.15) is 19.0 Å². The van der Waals surface area contributed by atoms with Gasteiger partial charge >= 0.3 is 0 Å². The van der Waals surface area contributed by atoms with Crippen molar-refractivity contribution in [2.45, 2.75) is 19.8 Å². The summed E-state index contributed by atoms with van der Waals surface area (Å²) in [5, 5.41) is 0. The normalized spacial score (nSPS) is 10.3. The largest absolute Gasteiger partial charge is 0.497 e. The molecular weight excluding hydrogens is 268 g/mol. The van der Waals surface area contributed by atoms with Crippen LogP contribution in [0, 0.1) is 0 Å². The van der Waals surface area contributed by atoms with Crippen molar-refractivity contribution in [3.05, 3.63) is 30.0 Å². The number of hydrogen-bond acceptors (Lipinski definition) is 6. The first-order chi connectivity index (χ1) is 10.2. The van der Waals surface area contributed by atoms with Crippen molar-refractivity contribution in [1.82, 2.24) is 9.97 Å². The lowest BCUT2D eigenvalue weighted by molar-refractivity contribution is 0.394. The van der Waals surface area contributed by atoms with Crippen LogP contribution in [0.15, 0.2) is 24.3 Å². The van der Waals surface area contributed by atoms with E-state index in [2.05, 4.69) is 22.3 Å². The minimum absolute atomic E-state index is 0.588. The molecule has 0 aliphatic heterocycles. The Balaban J connectivity index is 2.51. The molecule has 2 aromatic rings. The second-order valence-electron chi connectivity index (χ2n) is 4.56. The Morgan fingerprint density at radius 1 is 1.05 bits per heavy atom. The standard InChI is InChI=1S/C15H20N4O2/c1-4-5-11-8-14(19-16)18-15(17-11)10-6-12(20-2)9-13(7-10)21-3/h6-9H,4-5,16H2,1-3H3,(H,17,18,19). The molecule has 0 aliphatic rings. The Bertz CT molecular complexity index is 594. The van der Waals surface area contributed by atoms with Gasteiger partial charge in [-0.1, -0.05) is 13.3 Å². The van der Waals surface area contributed by atoms with Crippen LogP contribution < -0.4 is 20.7 Å². The summed E-state index contributed by atoms with van der Waals surface area (Å²) in [6, 6.07) is 7.40. The van der Waals surface area contributed by atoms with Crippen LogP contribution in [-0.2, 0) is 6.42 Å². The van der Waals surface area contributed by atoms with Crippen LogP contribution in [0.5, 0.6) is 11.5 Å². The molecule has 6 nitrogen and oxygen atoms in total. The summed E-state index contributed by atoms with van der Waals surface area (Å²) in [6.45, 7) is 2.10. The fourth-order valence-corrected chi connectivity index (χ4v) is 2.02. The summed E-state index contributed by atoms with van der Waals surface area (Å²) in [6.07, 6.45) is 1.87. The third-order valence-electron chi connectivity index (χ3n) is 3.04. The molecule has 0 saturated heterocycles. The molecule has 1 aromatic heterocycles. The quantitative estimate of drug-likeness (QED) is 0.627. The van der Waals surface area contributed by atoms with E-state index < -0.39 is 0 Å². The molecule has 21 heavy (non-hydrogen) atoms. The number of methoxy groups -OCH3 is 2. The van der Waals surface area contributed by atoms with Crippen molar-refractivity contribution in [2.75, 3.05) is 19.6 Å². The van der Waals surface area contributed by atoms with Crippen LogP contribution in [0.3, 0.4) is 0 Å². The predicted molar refractivity (Wildman–Crippen MR) is 82.4 cm³/mol. The number of aromatic nitrogens is 2. The fraction of sp³-hybridized carbons (Fsp3) is 0.333. The Morgan fingerprint density at radius 3 is 2.24 bits per heavy atom. The zero-order valence-corrected chi connectivity index (χ0v) is 12.5. The van der Waals surface area contributed by atoms with Crippen LogP contribution in [-0.4, -0.2) is 24.2 Å². The summed E-state index contributed by atoms with van der Waals surface area (Å²) < 4.78 is 10.6. The molecule has 0 saturated carbocycles. The van der Waals surface area contributed by atoms with Crippen LogP contribution >= 0.6 is 0 Å². The van der Waals surface area contributed by atoms with E-state index in [1.54, 1.807) is 14.2 Å². The maximum atomic E-state index is 5.48. The minimum Gasteiger partial charge on any atom is -0.497 e. The van der Waals surface area contributed by atoms with Gasteiger partial charge in [-0.2, -0.15) is 0 Å². The van der Waals surface area contributed by atoms with Gasteiger partial charge in [0.25, 0.3) is 0 Å². The highest BCUT2D eigenvalue weighted by Gasteiger charge is 2.09. The van der Waals surface area contributed by atoms with E-state index in [4.69, 9.17) is 15.3 Å². The molecule has 0 spiro atoms. The summed E-state index contributed by atoms with van der Waals surface area (Å²) in [4.78, 5) is 8.97. The van der Waals surface area contributed by atoms with Crippen molar-refractivity contribution in [3.8, 4) is 22.9 Å². The van der Waals surface area contributed by atoms with Gasteiger partial charge in [0.15, 0.2) is 5.82 Å². The molecule has 1 heterocycles. The number of benzene rings is 1. The Kier molecular flexibility index (Phi) is 4.94. The predicted octanol–water partition coefficient (Wildman–Crippen LogP) is 2.40. The Morgan fingerprint density at radius 2 is 1.71 bits per heavy atom. The van der Waals surface area contributed by atoms with E-state index in [-0.39, 0.29) is 0 Å². The zero-order chi connectivity index (χ0) is 15.2. The average Bonchev–Trinajstić information content (AvgIpc) is 2.54. The second kappa shape index (κ2) is 6.90. The van der Waals surface area contributed by atoms with E-state index in [0.29, 0.717) is 23.1 Å². The first kappa shape index (κ1) is 15.1. The van der Waals surface area contributed by atoms with Gasteiger partial charge in [-0.25, -0.2) is 15.8 Å². The first-order valence-electron chi connectivity index (χ1n) is 6.78. The molecule has 0 aliphatic carbocycles. The van der Waals surface area contributed by atoms with E-state index in [9.17, 15) is 0 Å². The van der Waals surface area contributed by atoms with Gasteiger partial charge < -0.3 is 14.9 Å². The molecular formula is C15H20N4O2. The molecule has 112 valence electrons. The first-order valence-corrected chi connectivity index (χ1v) is 6.78. The van der Waals surface area contributed by atoms with Gasteiger partial charge in [-0.3, -0.25) is 0 Å².